The number of para-hydroxylation sites is 1. The van der Waals surface area contributed by atoms with Gasteiger partial charge in [0.2, 0.25) is 0 Å². The molecule has 5 rings (SSSR count). The van der Waals surface area contributed by atoms with Crippen molar-refractivity contribution in [3.8, 4) is 11.1 Å². The molecule has 0 saturated carbocycles. The molecule has 0 amide bonds. The molecule has 5 aromatic carbocycles. The predicted octanol–water partition coefficient (Wildman–Crippen LogP) is 8.90. The molecule has 0 spiro atoms. The van der Waals surface area contributed by atoms with Gasteiger partial charge in [0.1, 0.15) is 0 Å². The normalized spacial score (nSPS) is 10.6. The maximum Gasteiger partial charge on any atom is 0.0467 e. The van der Waals surface area contributed by atoms with Gasteiger partial charge in [0, 0.05) is 35.5 Å². The molecule has 5 aromatic rings. The third kappa shape index (κ3) is 4.57. The van der Waals surface area contributed by atoms with E-state index >= 15 is 0 Å². The minimum atomic E-state index is 1.12. The third-order valence-corrected chi connectivity index (χ3v) is 6.14. The molecular weight excluding hydrogens is 412 g/mol. The van der Waals surface area contributed by atoms with Gasteiger partial charge in [-0.15, -0.1) is 0 Å². The summed E-state index contributed by atoms with van der Waals surface area (Å²) in [6.07, 6.45) is 0. The monoisotopic (exact) mass is 440 g/mol. The van der Waals surface area contributed by atoms with E-state index < -0.39 is 0 Å². The van der Waals surface area contributed by atoms with E-state index in [9.17, 15) is 0 Å². The van der Waals surface area contributed by atoms with E-state index in [-0.39, 0.29) is 0 Å². The Balaban J connectivity index is 1.52. The van der Waals surface area contributed by atoms with Crippen LogP contribution in [0, 0.1) is 6.92 Å². The molecular formula is C32H28N2. The fraction of sp³-hybridized carbons (Fsp3) is 0.0625. The van der Waals surface area contributed by atoms with E-state index in [1.807, 2.05) is 0 Å². The second-order valence-electron chi connectivity index (χ2n) is 8.50. The van der Waals surface area contributed by atoms with Gasteiger partial charge in [0.05, 0.1) is 0 Å². The average molecular weight is 441 g/mol. The van der Waals surface area contributed by atoms with Crippen LogP contribution in [-0.2, 0) is 0 Å². The van der Waals surface area contributed by atoms with Gasteiger partial charge in [-0.25, -0.2) is 0 Å². The topological polar surface area (TPSA) is 6.48 Å². The lowest BCUT2D eigenvalue weighted by atomic mass is 10.0. The summed E-state index contributed by atoms with van der Waals surface area (Å²) in [5.41, 5.74) is 9.40. The molecule has 0 aliphatic rings. The fourth-order valence-electron chi connectivity index (χ4n) is 4.22. The molecule has 0 atom stereocenters. The van der Waals surface area contributed by atoms with Gasteiger partial charge in [-0.05, 0) is 78.7 Å². The van der Waals surface area contributed by atoms with Crippen LogP contribution in [0.15, 0.2) is 133 Å². The van der Waals surface area contributed by atoms with Gasteiger partial charge in [0.15, 0.2) is 0 Å². The Kier molecular flexibility index (Phi) is 6.13. The van der Waals surface area contributed by atoms with Crippen molar-refractivity contribution in [3.63, 3.8) is 0 Å². The molecule has 0 aromatic heterocycles. The molecule has 0 fully saturated rings. The van der Waals surface area contributed by atoms with Gasteiger partial charge in [0.25, 0.3) is 0 Å². The lowest BCUT2D eigenvalue weighted by Crippen LogP contribution is -2.12. The van der Waals surface area contributed by atoms with E-state index in [0.29, 0.717) is 0 Å². The van der Waals surface area contributed by atoms with Gasteiger partial charge in [-0.1, -0.05) is 78.4 Å². The molecule has 0 heterocycles. The van der Waals surface area contributed by atoms with Crippen molar-refractivity contribution in [1.82, 2.24) is 0 Å². The van der Waals surface area contributed by atoms with Crippen molar-refractivity contribution in [3.05, 3.63) is 139 Å². The van der Waals surface area contributed by atoms with Crippen LogP contribution >= 0.6 is 0 Å². The second-order valence-corrected chi connectivity index (χ2v) is 8.50. The molecule has 0 saturated heterocycles. The summed E-state index contributed by atoms with van der Waals surface area (Å²) in [7, 11) is 2.11. The average Bonchev–Trinajstić information content (AvgIpc) is 2.91. The summed E-state index contributed by atoms with van der Waals surface area (Å²) in [5, 5.41) is 0. The Hall–Kier alpha value is -4.30. The van der Waals surface area contributed by atoms with Gasteiger partial charge >= 0.3 is 0 Å². The third-order valence-electron chi connectivity index (χ3n) is 6.14. The van der Waals surface area contributed by atoms with Crippen molar-refractivity contribution < 1.29 is 0 Å². The molecule has 34 heavy (non-hydrogen) atoms. The number of hydrogen-bond acceptors (Lipinski definition) is 2. The van der Waals surface area contributed by atoms with Crippen molar-refractivity contribution >= 4 is 28.4 Å². The van der Waals surface area contributed by atoms with E-state index in [1.54, 1.807) is 0 Å². The van der Waals surface area contributed by atoms with Crippen LogP contribution in [0.5, 0.6) is 0 Å². The molecule has 0 radical (unpaired) electrons. The summed E-state index contributed by atoms with van der Waals surface area (Å²) in [6.45, 7) is 2.11. The van der Waals surface area contributed by atoms with Crippen LogP contribution in [0.1, 0.15) is 5.56 Å². The van der Waals surface area contributed by atoms with Crippen molar-refractivity contribution in [2.75, 3.05) is 16.8 Å². The quantitative estimate of drug-likeness (QED) is 0.260. The highest BCUT2D eigenvalue weighted by Gasteiger charge is 2.14. The van der Waals surface area contributed by atoms with E-state index in [2.05, 4.69) is 157 Å². The van der Waals surface area contributed by atoms with Crippen LogP contribution in [0.2, 0.25) is 0 Å². The van der Waals surface area contributed by atoms with Crippen LogP contribution in [0.3, 0.4) is 0 Å². The minimum Gasteiger partial charge on any atom is -0.345 e. The largest absolute Gasteiger partial charge is 0.345 e. The maximum atomic E-state index is 2.31. The smallest absolute Gasteiger partial charge is 0.0467 e. The highest BCUT2D eigenvalue weighted by atomic mass is 15.1. The zero-order valence-corrected chi connectivity index (χ0v) is 19.6. The maximum absolute atomic E-state index is 2.31. The minimum absolute atomic E-state index is 1.12. The predicted molar refractivity (Wildman–Crippen MR) is 146 cm³/mol. The first-order valence-electron chi connectivity index (χ1n) is 11.6. The lowest BCUT2D eigenvalue weighted by molar-refractivity contribution is 1.20. The Morgan fingerprint density at radius 1 is 0.412 bits per heavy atom. The standard InChI is InChI=1S/C32H28N2/c1-25-16-18-28(19-17-25)33(2)29-20-22-31(23-21-29)34(30-13-7-4-8-14-30)32-15-9-12-27(24-32)26-10-5-3-6-11-26/h3-24H,1-2H3. The molecule has 0 unspecified atom stereocenters. The van der Waals surface area contributed by atoms with Gasteiger partial charge in [-0.2, -0.15) is 0 Å². The van der Waals surface area contributed by atoms with Crippen molar-refractivity contribution in [1.29, 1.82) is 0 Å². The first-order valence-corrected chi connectivity index (χ1v) is 11.6. The van der Waals surface area contributed by atoms with Crippen molar-refractivity contribution in [2.24, 2.45) is 0 Å². The number of anilines is 5. The number of benzene rings is 5. The number of nitrogens with zero attached hydrogens (tertiary/aromatic N) is 2. The van der Waals surface area contributed by atoms with Crippen LogP contribution in [-0.4, -0.2) is 7.05 Å². The van der Waals surface area contributed by atoms with E-state index in [0.717, 1.165) is 22.7 Å². The summed E-state index contributed by atoms with van der Waals surface area (Å²) >= 11 is 0. The number of aryl methyl sites for hydroxylation is 1. The fourth-order valence-corrected chi connectivity index (χ4v) is 4.22. The highest BCUT2D eigenvalue weighted by molar-refractivity contribution is 5.80. The Labute approximate surface area is 202 Å². The highest BCUT2D eigenvalue weighted by Crippen LogP contribution is 2.37. The molecule has 0 aliphatic heterocycles. The zero-order valence-electron chi connectivity index (χ0n) is 19.6. The Bertz CT molecular complexity index is 1340. The molecule has 0 bridgehead atoms. The van der Waals surface area contributed by atoms with Crippen molar-refractivity contribution in [2.45, 2.75) is 6.92 Å². The SMILES string of the molecule is Cc1ccc(N(C)c2ccc(N(c3ccccc3)c3cccc(-c4ccccc4)c3)cc2)cc1. The summed E-state index contributed by atoms with van der Waals surface area (Å²) in [6, 6.07) is 47.2. The summed E-state index contributed by atoms with van der Waals surface area (Å²) in [5.74, 6) is 0. The molecule has 0 aliphatic carbocycles. The first-order chi connectivity index (χ1) is 16.7. The molecule has 166 valence electrons. The van der Waals surface area contributed by atoms with E-state index in [4.69, 9.17) is 0 Å². The second kappa shape index (κ2) is 9.68. The first kappa shape index (κ1) is 21.5. The summed E-state index contributed by atoms with van der Waals surface area (Å²) in [4.78, 5) is 4.52. The lowest BCUT2D eigenvalue weighted by Gasteiger charge is -2.27. The summed E-state index contributed by atoms with van der Waals surface area (Å²) < 4.78 is 0. The molecule has 2 heteroatoms. The number of rotatable bonds is 6. The number of hydrogen-bond donors (Lipinski definition) is 0. The Morgan fingerprint density at radius 3 is 1.53 bits per heavy atom. The zero-order chi connectivity index (χ0) is 23.3. The van der Waals surface area contributed by atoms with Gasteiger partial charge < -0.3 is 9.80 Å². The van der Waals surface area contributed by atoms with Crippen LogP contribution < -0.4 is 9.80 Å². The Morgan fingerprint density at radius 2 is 0.882 bits per heavy atom. The molecule has 2 nitrogen and oxygen atoms in total. The van der Waals surface area contributed by atoms with Crippen LogP contribution in [0.25, 0.3) is 11.1 Å². The molecule has 0 N–H and O–H groups in total. The van der Waals surface area contributed by atoms with E-state index in [1.165, 1.54) is 22.4 Å². The van der Waals surface area contributed by atoms with Gasteiger partial charge in [-0.3, -0.25) is 0 Å². The van der Waals surface area contributed by atoms with Crippen LogP contribution in [0.4, 0.5) is 28.4 Å².